The van der Waals surface area contributed by atoms with E-state index in [4.69, 9.17) is 16.5 Å². The highest BCUT2D eigenvalue weighted by molar-refractivity contribution is 7.27. The lowest BCUT2D eigenvalue weighted by molar-refractivity contribution is 1.19. The van der Waals surface area contributed by atoms with Gasteiger partial charge in [-0.25, -0.2) is 14.8 Å². The molecule has 0 N–H and O–H groups in total. The zero-order valence-corrected chi connectivity index (χ0v) is 30.7. The Morgan fingerprint density at radius 2 is 1.22 bits per heavy atom. The quantitative estimate of drug-likeness (QED) is 0.169. The second kappa shape index (κ2) is 11.5. The van der Waals surface area contributed by atoms with Crippen molar-refractivity contribution in [2.45, 2.75) is 0 Å². The Morgan fingerprint density at radius 3 is 2.05 bits per heavy atom. The van der Waals surface area contributed by atoms with Crippen molar-refractivity contribution in [1.82, 2.24) is 14.5 Å². The van der Waals surface area contributed by atoms with Crippen LogP contribution in [0, 0.1) is 6.57 Å². The summed E-state index contributed by atoms with van der Waals surface area (Å²) in [4.78, 5) is 15.3. The molecule has 12 rings (SSSR count). The molecule has 0 spiro atoms. The van der Waals surface area contributed by atoms with Gasteiger partial charge in [-0.15, -0.1) is 22.7 Å². The van der Waals surface area contributed by atoms with E-state index >= 15 is 0 Å². The average molecular weight is 735 g/mol. The van der Waals surface area contributed by atoms with Gasteiger partial charge in [-0.1, -0.05) is 133 Å². The monoisotopic (exact) mass is 734 g/mol. The molecule has 0 amide bonds. The third kappa shape index (κ3) is 4.37. The van der Waals surface area contributed by atoms with Crippen molar-refractivity contribution in [3.05, 3.63) is 169 Å². The summed E-state index contributed by atoms with van der Waals surface area (Å²) < 4.78 is 6.23. The van der Waals surface area contributed by atoms with Crippen LogP contribution in [0.25, 0.3) is 117 Å². The minimum absolute atomic E-state index is 0.599. The number of nitrogens with zero attached hydrogens (tertiary/aromatic N) is 4. The van der Waals surface area contributed by atoms with E-state index in [1.54, 1.807) is 11.3 Å². The molecule has 254 valence electrons. The molecule has 4 aromatic heterocycles. The number of benzene rings is 8. The molecule has 12 aromatic rings. The van der Waals surface area contributed by atoms with Gasteiger partial charge in [-0.05, 0) is 51.4 Å². The minimum atomic E-state index is 0.599. The first-order valence-corrected chi connectivity index (χ1v) is 19.8. The Morgan fingerprint density at radius 1 is 0.509 bits per heavy atom. The second-order valence-electron chi connectivity index (χ2n) is 14.0. The summed E-state index contributed by atoms with van der Waals surface area (Å²) in [6.45, 7) is 7.54. The summed E-state index contributed by atoms with van der Waals surface area (Å²) in [6, 6.07) is 55.9. The van der Waals surface area contributed by atoms with Crippen molar-refractivity contribution in [2.75, 3.05) is 0 Å². The molecule has 8 aromatic carbocycles. The van der Waals surface area contributed by atoms with Crippen LogP contribution in [0.1, 0.15) is 0 Å². The van der Waals surface area contributed by atoms with E-state index in [1.165, 1.54) is 58.0 Å². The van der Waals surface area contributed by atoms with Crippen molar-refractivity contribution in [3.63, 3.8) is 0 Å². The topological polar surface area (TPSA) is 35.1 Å². The molecule has 4 nitrogen and oxygen atoms in total. The molecule has 4 heterocycles. The van der Waals surface area contributed by atoms with Gasteiger partial charge < -0.3 is 4.57 Å². The summed E-state index contributed by atoms with van der Waals surface area (Å²) in [6.07, 6.45) is 0. The molecule has 0 saturated heterocycles. The van der Waals surface area contributed by atoms with E-state index in [-0.39, 0.29) is 0 Å². The number of fused-ring (bicyclic) bond motifs is 15. The number of rotatable bonds is 3. The summed E-state index contributed by atoms with van der Waals surface area (Å²) in [5.41, 5.74) is 8.49. The Hall–Kier alpha value is -6.91. The summed E-state index contributed by atoms with van der Waals surface area (Å²) in [7, 11) is 0. The molecule has 0 aliphatic carbocycles. The highest BCUT2D eigenvalue weighted by atomic mass is 32.1. The van der Waals surface area contributed by atoms with E-state index in [1.807, 2.05) is 35.6 Å². The minimum Gasteiger partial charge on any atom is -0.308 e. The first kappa shape index (κ1) is 30.5. The molecule has 0 aliphatic rings. The van der Waals surface area contributed by atoms with E-state index in [0.717, 1.165) is 54.2 Å². The van der Waals surface area contributed by atoms with Crippen LogP contribution in [0.4, 0.5) is 5.69 Å². The summed E-state index contributed by atoms with van der Waals surface area (Å²) >= 11 is 3.58. The Balaban J connectivity index is 1.19. The van der Waals surface area contributed by atoms with Gasteiger partial charge in [-0.2, -0.15) is 0 Å². The number of aromatic nitrogens is 3. The van der Waals surface area contributed by atoms with Crippen molar-refractivity contribution < 1.29 is 0 Å². The number of hydrogen-bond donors (Lipinski definition) is 0. The fourth-order valence-corrected chi connectivity index (χ4v) is 11.0. The van der Waals surface area contributed by atoms with Crippen LogP contribution in [0.5, 0.6) is 0 Å². The molecule has 0 radical (unpaired) electrons. The van der Waals surface area contributed by atoms with Crippen LogP contribution in [-0.4, -0.2) is 14.5 Å². The van der Waals surface area contributed by atoms with Crippen molar-refractivity contribution in [1.29, 1.82) is 0 Å². The van der Waals surface area contributed by atoms with Gasteiger partial charge in [0.2, 0.25) is 0 Å². The average Bonchev–Trinajstić information content (AvgIpc) is 3.93. The highest BCUT2D eigenvalue weighted by Crippen LogP contribution is 2.49. The molecule has 0 fully saturated rings. The van der Waals surface area contributed by atoms with Gasteiger partial charge in [0.05, 0.1) is 33.7 Å². The predicted octanol–water partition coefficient (Wildman–Crippen LogP) is 14.5. The number of para-hydroxylation sites is 1. The van der Waals surface area contributed by atoms with Gasteiger partial charge in [0.15, 0.2) is 5.69 Å². The predicted molar refractivity (Wildman–Crippen MR) is 234 cm³/mol. The zero-order chi connectivity index (χ0) is 36.2. The molecular formula is C49H26N4S2. The van der Waals surface area contributed by atoms with Gasteiger partial charge in [-0.3, -0.25) is 0 Å². The third-order valence-corrected chi connectivity index (χ3v) is 13.3. The highest BCUT2D eigenvalue weighted by Gasteiger charge is 2.23. The van der Waals surface area contributed by atoms with E-state index in [0.29, 0.717) is 5.69 Å². The van der Waals surface area contributed by atoms with E-state index < -0.39 is 0 Å². The lowest BCUT2D eigenvalue weighted by Crippen LogP contribution is -1.97. The maximum Gasteiger partial charge on any atom is 0.187 e. The third-order valence-electron chi connectivity index (χ3n) is 11.0. The first-order chi connectivity index (χ1) is 27.2. The SMILES string of the molecule is [C-]#[N+]c1ccc(-c2nc3c(nc2-c2cccc(-n4c5ccccc5c5c6ccccc6c6c7ccc8ccccc8c7sc6c54)c2)sc2ccccc23)cc1. The van der Waals surface area contributed by atoms with Crippen LogP contribution in [0.2, 0.25) is 0 Å². The number of thiophene rings is 2. The van der Waals surface area contributed by atoms with Gasteiger partial charge in [0.1, 0.15) is 10.3 Å². The van der Waals surface area contributed by atoms with Crippen molar-refractivity contribution in [3.8, 4) is 28.2 Å². The van der Waals surface area contributed by atoms with Gasteiger partial charge in [0.25, 0.3) is 0 Å². The molecule has 0 unspecified atom stereocenters. The Labute approximate surface area is 322 Å². The Kier molecular flexibility index (Phi) is 6.41. The zero-order valence-electron chi connectivity index (χ0n) is 29.1. The lowest BCUT2D eigenvalue weighted by atomic mass is 9.98. The molecule has 0 atom stereocenters. The second-order valence-corrected chi connectivity index (χ2v) is 16.0. The van der Waals surface area contributed by atoms with Crippen LogP contribution < -0.4 is 0 Å². The van der Waals surface area contributed by atoms with Gasteiger partial charge in [0, 0.05) is 47.6 Å². The molecule has 0 aliphatic heterocycles. The van der Waals surface area contributed by atoms with Crippen molar-refractivity contribution >= 4 is 112 Å². The van der Waals surface area contributed by atoms with Crippen LogP contribution in [0.15, 0.2) is 158 Å². The van der Waals surface area contributed by atoms with Crippen LogP contribution in [0.3, 0.4) is 0 Å². The van der Waals surface area contributed by atoms with Crippen molar-refractivity contribution in [2.24, 2.45) is 0 Å². The van der Waals surface area contributed by atoms with E-state index in [2.05, 4.69) is 143 Å². The molecule has 6 heteroatoms. The lowest BCUT2D eigenvalue weighted by Gasteiger charge is -2.13. The summed E-state index contributed by atoms with van der Waals surface area (Å²) in [5.74, 6) is 0. The molecule has 0 bridgehead atoms. The number of hydrogen-bond acceptors (Lipinski definition) is 4. The fourth-order valence-electron chi connectivity index (χ4n) is 8.58. The molecule has 0 saturated carbocycles. The van der Waals surface area contributed by atoms with Crippen LogP contribution >= 0.6 is 22.7 Å². The first-order valence-electron chi connectivity index (χ1n) is 18.2. The fraction of sp³-hybridized carbons (Fsp3) is 0. The standard InChI is InChI=1S/C49H26N4S2/c1-50-31-24-21-29(22-25-31)43-44(52-49-45(51-43)37-18-7-9-20-40(37)54-49)30-12-10-13-32(27-30)53-39-19-8-6-17-36(39)41-34-15-4-5-16-35(34)42-38-26-23-28-11-2-3-14-33(28)47(38)55-48(42)46(41)53/h2-27H. The van der Waals surface area contributed by atoms with E-state index in [9.17, 15) is 0 Å². The normalized spacial score (nSPS) is 12.0. The smallest absolute Gasteiger partial charge is 0.187 e. The Bertz CT molecular complexity index is 3620. The van der Waals surface area contributed by atoms with Gasteiger partial charge >= 0.3 is 0 Å². The maximum atomic E-state index is 7.54. The van der Waals surface area contributed by atoms with Crippen LogP contribution in [-0.2, 0) is 0 Å². The summed E-state index contributed by atoms with van der Waals surface area (Å²) in [5, 5.41) is 11.3. The largest absolute Gasteiger partial charge is 0.308 e. The maximum absolute atomic E-state index is 7.54. The molecular weight excluding hydrogens is 709 g/mol. The molecule has 55 heavy (non-hydrogen) atoms.